The van der Waals surface area contributed by atoms with Crippen molar-refractivity contribution in [3.63, 3.8) is 0 Å². The Bertz CT molecular complexity index is 511. The summed E-state index contributed by atoms with van der Waals surface area (Å²) < 4.78 is 5.16. The predicted molar refractivity (Wildman–Crippen MR) is 63.2 cm³/mol. The quantitative estimate of drug-likeness (QED) is 0.779. The topological polar surface area (TPSA) is 61.0 Å². The van der Waals surface area contributed by atoms with Crippen LogP contribution in [0, 0.1) is 6.92 Å². The number of anilines is 1. The van der Waals surface area contributed by atoms with Crippen molar-refractivity contribution in [3.05, 3.63) is 36.2 Å². The van der Waals surface area contributed by atoms with Crippen LogP contribution in [-0.2, 0) is 0 Å². The number of aryl methyl sites for hydroxylation is 1. The zero-order valence-corrected chi connectivity index (χ0v) is 9.27. The van der Waals surface area contributed by atoms with Gasteiger partial charge in [0.05, 0.1) is 7.11 Å². The van der Waals surface area contributed by atoms with Crippen molar-refractivity contribution in [3.8, 4) is 17.1 Å². The lowest BCUT2D eigenvalue weighted by molar-refractivity contribution is 0.398. The fourth-order valence-electron chi connectivity index (χ4n) is 1.56. The van der Waals surface area contributed by atoms with Gasteiger partial charge in [-0.05, 0) is 18.6 Å². The summed E-state index contributed by atoms with van der Waals surface area (Å²) in [5, 5.41) is 0. The molecule has 16 heavy (non-hydrogen) atoms. The van der Waals surface area contributed by atoms with E-state index < -0.39 is 0 Å². The molecular weight excluding hydrogens is 202 g/mol. The number of nitrogens with zero attached hydrogens (tertiary/aromatic N) is 2. The van der Waals surface area contributed by atoms with Gasteiger partial charge in [-0.1, -0.05) is 12.1 Å². The summed E-state index contributed by atoms with van der Waals surface area (Å²) in [5.74, 6) is 0.484. The maximum Gasteiger partial charge on any atom is 0.240 e. The van der Waals surface area contributed by atoms with Crippen LogP contribution in [0.1, 0.15) is 5.56 Å². The molecule has 2 N–H and O–H groups in total. The molecule has 0 saturated carbocycles. The highest BCUT2D eigenvalue weighted by Gasteiger charge is 2.10. The van der Waals surface area contributed by atoms with Crippen molar-refractivity contribution in [2.75, 3.05) is 12.8 Å². The molecule has 0 aliphatic heterocycles. The lowest BCUT2D eigenvalue weighted by Crippen LogP contribution is -1.97. The van der Waals surface area contributed by atoms with Crippen molar-refractivity contribution in [2.45, 2.75) is 6.92 Å². The van der Waals surface area contributed by atoms with Gasteiger partial charge in [0, 0.05) is 23.6 Å². The minimum absolute atomic E-state index is 0.484. The fourth-order valence-corrected chi connectivity index (χ4v) is 1.56. The largest absolute Gasteiger partial charge is 0.479 e. The zero-order valence-electron chi connectivity index (χ0n) is 9.27. The average Bonchev–Trinajstić information content (AvgIpc) is 2.29. The summed E-state index contributed by atoms with van der Waals surface area (Å²) in [6.45, 7) is 1.99. The van der Waals surface area contributed by atoms with E-state index in [4.69, 9.17) is 10.5 Å². The number of aromatic nitrogens is 2. The van der Waals surface area contributed by atoms with Gasteiger partial charge in [0.2, 0.25) is 5.88 Å². The molecular formula is C12H13N3O. The third-order valence-electron chi connectivity index (χ3n) is 2.32. The Morgan fingerprint density at radius 3 is 2.62 bits per heavy atom. The molecule has 1 aromatic carbocycles. The molecule has 2 aromatic rings. The molecule has 0 amide bonds. The van der Waals surface area contributed by atoms with Gasteiger partial charge in [-0.25, -0.2) is 9.97 Å². The standard InChI is InChI=1S/C12H13N3O/c1-8-3-4-9(10(13)7-8)11-12(16-2)15-6-5-14-11/h3-7H,13H2,1-2H3. The molecule has 0 atom stereocenters. The molecule has 2 rings (SSSR count). The van der Waals surface area contributed by atoms with Crippen molar-refractivity contribution >= 4 is 5.69 Å². The maximum atomic E-state index is 5.95. The number of nitrogen functional groups attached to an aromatic ring is 1. The molecule has 1 heterocycles. The molecule has 0 bridgehead atoms. The molecule has 0 spiro atoms. The number of hydrogen-bond donors (Lipinski definition) is 1. The van der Waals surface area contributed by atoms with E-state index in [1.54, 1.807) is 19.5 Å². The van der Waals surface area contributed by atoms with E-state index >= 15 is 0 Å². The minimum Gasteiger partial charge on any atom is -0.479 e. The first kappa shape index (κ1) is 10.4. The van der Waals surface area contributed by atoms with E-state index in [1.165, 1.54) is 0 Å². The van der Waals surface area contributed by atoms with Crippen molar-refractivity contribution in [2.24, 2.45) is 0 Å². The van der Waals surface area contributed by atoms with Crippen LogP contribution in [0.5, 0.6) is 5.88 Å². The number of benzene rings is 1. The molecule has 4 nitrogen and oxygen atoms in total. The smallest absolute Gasteiger partial charge is 0.240 e. The predicted octanol–water partition coefficient (Wildman–Crippen LogP) is 2.04. The first-order valence-corrected chi connectivity index (χ1v) is 4.94. The summed E-state index contributed by atoms with van der Waals surface area (Å²) >= 11 is 0. The second-order valence-corrected chi connectivity index (χ2v) is 3.50. The van der Waals surface area contributed by atoms with Crippen molar-refractivity contribution in [1.82, 2.24) is 9.97 Å². The molecule has 1 aromatic heterocycles. The van der Waals surface area contributed by atoms with Gasteiger partial charge < -0.3 is 10.5 Å². The van der Waals surface area contributed by atoms with Crippen LogP contribution in [0.2, 0.25) is 0 Å². The van der Waals surface area contributed by atoms with E-state index in [0.717, 1.165) is 11.1 Å². The molecule has 4 heteroatoms. The number of nitrogens with two attached hydrogens (primary N) is 1. The minimum atomic E-state index is 0.484. The average molecular weight is 215 g/mol. The second kappa shape index (κ2) is 4.18. The monoisotopic (exact) mass is 215 g/mol. The van der Waals surface area contributed by atoms with Crippen LogP contribution in [-0.4, -0.2) is 17.1 Å². The van der Waals surface area contributed by atoms with Gasteiger partial charge >= 0.3 is 0 Å². The Kier molecular flexibility index (Phi) is 2.72. The van der Waals surface area contributed by atoms with Crippen molar-refractivity contribution < 1.29 is 4.74 Å². The molecule has 82 valence electrons. The first-order valence-electron chi connectivity index (χ1n) is 4.94. The van der Waals surface area contributed by atoms with Crippen LogP contribution in [0.4, 0.5) is 5.69 Å². The summed E-state index contributed by atoms with van der Waals surface area (Å²) in [7, 11) is 1.57. The molecule has 0 aliphatic rings. The Balaban J connectivity index is 2.58. The fraction of sp³-hybridized carbons (Fsp3) is 0.167. The van der Waals surface area contributed by atoms with E-state index in [0.29, 0.717) is 17.3 Å². The third-order valence-corrected chi connectivity index (χ3v) is 2.32. The molecule has 0 fully saturated rings. The van der Waals surface area contributed by atoms with Crippen LogP contribution in [0.3, 0.4) is 0 Å². The lowest BCUT2D eigenvalue weighted by atomic mass is 10.1. The number of ether oxygens (including phenoxy) is 1. The van der Waals surface area contributed by atoms with Crippen molar-refractivity contribution in [1.29, 1.82) is 0 Å². The maximum absolute atomic E-state index is 5.95. The van der Waals surface area contributed by atoms with Crippen LogP contribution in [0.25, 0.3) is 11.3 Å². The highest BCUT2D eigenvalue weighted by Crippen LogP contribution is 2.30. The highest BCUT2D eigenvalue weighted by atomic mass is 16.5. The molecule has 0 radical (unpaired) electrons. The Morgan fingerprint density at radius 2 is 1.94 bits per heavy atom. The summed E-state index contributed by atoms with van der Waals surface area (Å²) in [5.41, 5.74) is 9.26. The molecule has 0 aliphatic carbocycles. The van der Waals surface area contributed by atoms with Crippen LogP contribution >= 0.6 is 0 Å². The number of methoxy groups -OCH3 is 1. The molecule has 0 unspecified atom stereocenters. The molecule has 0 saturated heterocycles. The van der Waals surface area contributed by atoms with E-state index in [2.05, 4.69) is 9.97 Å². The van der Waals surface area contributed by atoms with Gasteiger partial charge in [0.1, 0.15) is 5.69 Å². The van der Waals surface area contributed by atoms with Crippen LogP contribution in [0.15, 0.2) is 30.6 Å². The zero-order chi connectivity index (χ0) is 11.5. The van der Waals surface area contributed by atoms with E-state index in [9.17, 15) is 0 Å². The van der Waals surface area contributed by atoms with E-state index in [-0.39, 0.29) is 0 Å². The first-order chi connectivity index (χ1) is 7.72. The SMILES string of the molecule is COc1nccnc1-c1ccc(C)cc1N. The Morgan fingerprint density at radius 1 is 1.19 bits per heavy atom. The summed E-state index contributed by atoms with van der Waals surface area (Å²) in [6.07, 6.45) is 3.21. The number of hydrogen-bond acceptors (Lipinski definition) is 4. The normalized spacial score (nSPS) is 10.1. The second-order valence-electron chi connectivity index (χ2n) is 3.50. The van der Waals surface area contributed by atoms with E-state index in [1.807, 2.05) is 25.1 Å². The third kappa shape index (κ3) is 1.82. The lowest BCUT2D eigenvalue weighted by Gasteiger charge is -2.08. The summed E-state index contributed by atoms with van der Waals surface area (Å²) in [6, 6.07) is 5.82. The summed E-state index contributed by atoms with van der Waals surface area (Å²) in [4.78, 5) is 8.34. The van der Waals surface area contributed by atoms with Gasteiger partial charge in [0.25, 0.3) is 0 Å². The number of rotatable bonds is 2. The Labute approximate surface area is 94.1 Å². The van der Waals surface area contributed by atoms with Gasteiger partial charge in [-0.2, -0.15) is 0 Å². The van der Waals surface area contributed by atoms with Gasteiger partial charge in [0.15, 0.2) is 0 Å². The van der Waals surface area contributed by atoms with Gasteiger partial charge in [-0.3, -0.25) is 0 Å². The van der Waals surface area contributed by atoms with Gasteiger partial charge in [-0.15, -0.1) is 0 Å². The Hall–Kier alpha value is -2.10. The highest BCUT2D eigenvalue weighted by molar-refractivity contribution is 5.76. The van der Waals surface area contributed by atoms with Crippen LogP contribution < -0.4 is 10.5 Å².